The van der Waals surface area contributed by atoms with Crippen LogP contribution in [0.25, 0.3) is 0 Å². The summed E-state index contributed by atoms with van der Waals surface area (Å²) in [6, 6.07) is 0. The number of allylic oxidation sites excluding steroid dienone is 2. The van der Waals surface area contributed by atoms with Crippen molar-refractivity contribution in [3.63, 3.8) is 0 Å². The van der Waals surface area contributed by atoms with E-state index in [9.17, 15) is 9.59 Å². The summed E-state index contributed by atoms with van der Waals surface area (Å²) >= 11 is 0. The zero-order valence-corrected chi connectivity index (χ0v) is 9.69. The van der Waals surface area contributed by atoms with Crippen LogP contribution in [0, 0.1) is 0 Å². The largest absolute Gasteiger partial charge is 0.478 e. The normalized spacial score (nSPS) is 12.6. The minimum atomic E-state index is -0.887. The highest BCUT2D eigenvalue weighted by atomic mass is 16.4. The number of unbranched alkanes of at least 4 members (excludes halogenated alkanes) is 3. The summed E-state index contributed by atoms with van der Waals surface area (Å²) in [7, 11) is 0. The van der Waals surface area contributed by atoms with Crippen LogP contribution in [-0.4, -0.2) is 22.2 Å². The van der Waals surface area contributed by atoms with E-state index in [2.05, 4.69) is 0 Å². The summed E-state index contributed by atoms with van der Waals surface area (Å²) in [5.74, 6) is -1.77. The van der Waals surface area contributed by atoms with Gasteiger partial charge in [0.25, 0.3) is 0 Å². The summed E-state index contributed by atoms with van der Waals surface area (Å²) in [6.07, 6.45) is 6.56. The summed E-state index contributed by atoms with van der Waals surface area (Å²) in [4.78, 5) is 20.9. The molecule has 0 rings (SSSR count). The average Bonchev–Trinajstić information content (AvgIpc) is 2.21. The third-order valence-corrected chi connectivity index (χ3v) is 2.23. The molecule has 0 saturated carbocycles. The fraction of sp³-hybridized carbons (Fsp3) is 0.500. The molecule has 4 heteroatoms. The minimum Gasteiger partial charge on any atom is -0.478 e. The Bertz CT molecular complexity index is 281. The topological polar surface area (TPSA) is 74.6 Å². The number of aliphatic carboxylic acids is 2. The Kier molecular flexibility index (Phi) is 6.92. The van der Waals surface area contributed by atoms with E-state index < -0.39 is 11.9 Å². The van der Waals surface area contributed by atoms with E-state index in [0.29, 0.717) is 11.1 Å². The van der Waals surface area contributed by atoms with Crippen molar-refractivity contribution in [2.75, 3.05) is 0 Å². The molecule has 0 unspecified atom stereocenters. The van der Waals surface area contributed by atoms with E-state index in [-0.39, 0.29) is 0 Å². The highest BCUT2D eigenvalue weighted by Crippen LogP contribution is 2.06. The van der Waals surface area contributed by atoms with Crippen molar-refractivity contribution in [3.8, 4) is 0 Å². The lowest BCUT2D eigenvalue weighted by atomic mass is 10.1. The fourth-order valence-corrected chi connectivity index (χ4v) is 1.10. The number of hydrogen-bond donors (Lipinski definition) is 2. The highest BCUT2D eigenvalue weighted by molar-refractivity contribution is 5.86. The maximum atomic E-state index is 10.4. The first-order valence-corrected chi connectivity index (χ1v) is 5.25. The quantitative estimate of drug-likeness (QED) is 0.517. The molecule has 0 spiro atoms. The summed E-state index contributed by atoms with van der Waals surface area (Å²) in [6.45, 7) is 3.13. The first-order chi connectivity index (χ1) is 7.45. The number of carboxylic acid groups (broad SMARTS) is 2. The molecule has 0 aromatic rings. The van der Waals surface area contributed by atoms with Gasteiger partial charge in [0.15, 0.2) is 0 Å². The van der Waals surface area contributed by atoms with Crippen LogP contribution >= 0.6 is 0 Å². The third-order valence-electron chi connectivity index (χ3n) is 2.23. The van der Waals surface area contributed by atoms with Crippen LogP contribution in [0.15, 0.2) is 23.3 Å². The molecule has 16 heavy (non-hydrogen) atoms. The maximum absolute atomic E-state index is 10.4. The van der Waals surface area contributed by atoms with Crippen molar-refractivity contribution < 1.29 is 19.8 Å². The smallest absolute Gasteiger partial charge is 0.330 e. The van der Waals surface area contributed by atoms with Crippen LogP contribution in [0.5, 0.6) is 0 Å². The second kappa shape index (κ2) is 7.68. The van der Waals surface area contributed by atoms with Crippen LogP contribution in [0.2, 0.25) is 0 Å². The van der Waals surface area contributed by atoms with Gasteiger partial charge in [0.2, 0.25) is 0 Å². The Hall–Kier alpha value is -1.58. The first-order valence-electron chi connectivity index (χ1n) is 5.25. The van der Waals surface area contributed by atoms with Crippen molar-refractivity contribution in [3.05, 3.63) is 23.3 Å². The van der Waals surface area contributed by atoms with Gasteiger partial charge in [-0.3, -0.25) is 0 Å². The second-order valence-corrected chi connectivity index (χ2v) is 3.67. The predicted molar refractivity (Wildman–Crippen MR) is 61.3 cm³/mol. The lowest BCUT2D eigenvalue weighted by Gasteiger charge is -1.96. The molecule has 0 atom stereocenters. The monoisotopic (exact) mass is 226 g/mol. The Labute approximate surface area is 95.3 Å². The number of carbonyl (C=O) groups is 2. The van der Waals surface area contributed by atoms with Crippen molar-refractivity contribution >= 4 is 11.9 Å². The Morgan fingerprint density at radius 3 is 1.44 bits per heavy atom. The SMILES string of the molecule is C/C(=C\CCCC/C=C(\C)C(=O)O)C(=O)O. The lowest BCUT2D eigenvalue weighted by Crippen LogP contribution is -1.96. The average molecular weight is 226 g/mol. The predicted octanol–water partition coefficient (Wildman–Crippen LogP) is 2.61. The summed E-state index contributed by atoms with van der Waals surface area (Å²) in [5.41, 5.74) is 0.717. The van der Waals surface area contributed by atoms with Crippen LogP contribution < -0.4 is 0 Å². The molecule has 0 fully saturated rings. The molecule has 0 aliphatic rings. The van der Waals surface area contributed by atoms with E-state index in [4.69, 9.17) is 10.2 Å². The number of rotatable bonds is 7. The van der Waals surface area contributed by atoms with E-state index in [0.717, 1.165) is 25.7 Å². The van der Waals surface area contributed by atoms with Crippen LogP contribution in [0.4, 0.5) is 0 Å². The Balaban J connectivity index is 3.70. The first kappa shape index (κ1) is 14.4. The second-order valence-electron chi connectivity index (χ2n) is 3.67. The number of hydrogen-bond acceptors (Lipinski definition) is 2. The van der Waals surface area contributed by atoms with Crippen molar-refractivity contribution in [2.24, 2.45) is 0 Å². The fourth-order valence-electron chi connectivity index (χ4n) is 1.10. The van der Waals surface area contributed by atoms with E-state index in [1.807, 2.05) is 0 Å². The van der Waals surface area contributed by atoms with Gasteiger partial charge < -0.3 is 10.2 Å². The molecule has 0 aliphatic carbocycles. The summed E-state index contributed by atoms with van der Waals surface area (Å²) in [5, 5.41) is 17.2. The third kappa shape index (κ3) is 6.81. The van der Waals surface area contributed by atoms with Gasteiger partial charge in [-0.05, 0) is 39.5 Å². The zero-order chi connectivity index (χ0) is 12.6. The van der Waals surface area contributed by atoms with Gasteiger partial charge in [-0.1, -0.05) is 12.2 Å². The van der Waals surface area contributed by atoms with Gasteiger partial charge in [-0.2, -0.15) is 0 Å². The molecule has 90 valence electrons. The molecule has 0 aliphatic heterocycles. The van der Waals surface area contributed by atoms with Gasteiger partial charge in [0.1, 0.15) is 0 Å². The molecular formula is C12H18O4. The van der Waals surface area contributed by atoms with Crippen molar-refractivity contribution in [2.45, 2.75) is 39.5 Å². The molecule has 0 amide bonds. The Morgan fingerprint density at radius 2 is 1.19 bits per heavy atom. The van der Waals surface area contributed by atoms with Gasteiger partial charge in [0.05, 0.1) is 0 Å². The molecule has 4 nitrogen and oxygen atoms in total. The molecule has 0 aromatic heterocycles. The van der Waals surface area contributed by atoms with Crippen LogP contribution in [0.1, 0.15) is 39.5 Å². The summed E-state index contributed by atoms with van der Waals surface area (Å²) < 4.78 is 0. The van der Waals surface area contributed by atoms with E-state index in [1.54, 1.807) is 26.0 Å². The van der Waals surface area contributed by atoms with Crippen LogP contribution in [-0.2, 0) is 9.59 Å². The molecule has 0 saturated heterocycles. The molecule has 0 bridgehead atoms. The Morgan fingerprint density at radius 1 is 0.875 bits per heavy atom. The lowest BCUT2D eigenvalue weighted by molar-refractivity contribution is -0.133. The minimum absolute atomic E-state index is 0.359. The van der Waals surface area contributed by atoms with Crippen LogP contribution in [0.3, 0.4) is 0 Å². The zero-order valence-electron chi connectivity index (χ0n) is 9.69. The molecule has 0 radical (unpaired) electrons. The van der Waals surface area contributed by atoms with Gasteiger partial charge in [0, 0.05) is 11.1 Å². The molecular weight excluding hydrogens is 208 g/mol. The van der Waals surface area contributed by atoms with Gasteiger partial charge in [-0.25, -0.2) is 9.59 Å². The highest BCUT2D eigenvalue weighted by Gasteiger charge is 1.99. The molecule has 2 N–H and O–H groups in total. The van der Waals surface area contributed by atoms with E-state index in [1.165, 1.54) is 0 Å². The van der Waals surface area contributed by atoms with Gasteiger partial charge in [-0.15, -0.1) is 0 Å². The standard InChI is InChI=1S/C12H18O4/c1-9(11(13)14)7-5-3-4-6-8-10(2)12(15)16/h7-8H,3-6H2,1-2H3,(H,13,14)(H,15,16)/b9-7+,10-8+. The van der Waals surface area contributed by atoms with E-state index >= 15 is 0 Å². The maximum Gasteiger partial charge on any atom is 0.330 e. The van der Waals surface area contributed by atoms with Crippen molar-refractivity contribution in [1.82, 2.24) is 0 Å². The van der Waals surface area contributed by atoms with Crippen molar-refractivity contribution in [1.29, 1.82) is 0 Å². The molecule has 0 heterocycles. The molecule has 0 aromatic carbocycles. The number of carboxylic acids is 2. The van der Waals surface area contributed by atoms with Gasteiger partial charge >= 0.3 is 11.9 Å².